The van der Waals surface area contributed by atoms with Crippen LogP contribution in [0.15, 0.2) is 24.8 Å². The molecule has 0 saturated heterocycles. The third-order valence-corrected chi connectivity index (χ3v) is 2.69. The van der Waals surface area contributed by atoms with Crippen LogP contribution in [-0.4, -0.2) is 5.91 Å². The Balaban J connectivity index is 2.56. The molecule has 1 aromatic rings. The van der Waals surface area contributed by atoms with Crippen LogP contribution < -0.4 is 5.32 Å². The number of fused-ring (bicyclic) bond motifs is 1. The van der Waals surface area contributed by atoms with Gasteiger partial charge in [0.1, 0.15) is 0 Å². The van der Waals surface area contributed by atoms with Crippen LogP contribution in [0, 0.1) is 12.8 Å². The van der Waals surface area contributed by atoms with Crippen LogP contribution in [-0.2, 0) is 4.79 Å². The summed E-state index contributed by atoms with van der Waals surface area (Å²) in [5, 5.41) is 2.88. The molecule has 0 spiro atoms. The second kappa shape index (κ2) is 2.98. The Labute approximate surface area is 83.6 Å². The highest BCUT2D eigenvalue weighted by atomic mass is 16.1. The second-order valence-electron chi connectivity index (χ2n) is 3.79. The molecule has 2 nitrogen and oxygen atoms in total. The molecule has 1 amide bonds. The predicted molar refractivity (Wildman–Crippen MR) is 58.0 cm³/mol. The molecule has 2 heteroatoms. The number of rotatable bonds is 0. The van der Waals surface area contributed by atoms with Crippen LogP contribution in [0.3, 0.4) is 0 Å². The number of amides is 1. The van der Waals surface area contributed by atoms with Crippen LogP contribution in [0.5, 0.6) is 0 Å². The van der Waals surface area contributed by atoms with Gasteiger partial charge in [0, 0.05) is 11.3 Å². The molecule has 0 fully saturated rings. The van der Waals surface area contributed by atoms with Crippen molar-refractivity contribution < 1.29 is 4.79 Å². The van der Waals surface area contributed by atoms with Crippen LogP contribution in [0.1, 0.15) is 18.1 Å². The number of nitrogens with one attached hydrogen (secondary N) is 1. The van der Waals surface area contributed by atoms with E-state index in [2.05, 4.69) is 11.9 Å². The topological polar surface area (TPSA) is 29.1 Å². The van der Waals surface area contributed by atoms with Crippen LogP contribution >= 0.6 is 0 Å². The first-order valence-corrected chi connectivity index (χ1v) is 4.70. The summed E-state index contributed by atoms with van der Waals surface area (Å²) in [6, 6.07) is 6.03. The smallest absolute Gasteiger partial charge is 0.231 e. The van der Waals surface area contributed by atoms with Gasteiger partial charge in [0.25, 0.3) is 0 Å². The number of carbonyl (C=O) groups excluding carboxylic acids is 1. The molecule has 0 radical (unpaired) electrons. The first-order valence-electron chi connectivity index (χ1n) is 4.70. The minimum Gasteiger partial charge on any atom is -0.325 e. The van der Waals surface area contributed by atoms with Gasteiger partial charge in [-0.25, -0.2) is 0 Å². The zero-order valence-corrected chi connectivity index (χ0v) is 8.42. The normalized spacial score (nSPS) is 20.3. The van der Waals surface area contributed by atoms with Gasteiger partial charge in [-0.15, -0.1) is 0 Å². The van der Waals surface area contributed by atoms with Gasteiger partial charge < -0.3 is 5.32 Å². The first-order chi connectivity index (χ1) is 6.59. The lowest BCUT2D eigenvalue weighted by Crippen LogP contribution is -2.26. The molecular weight excluding hydrogens is 174 g/mol. The Morgan fingerprint density at radius 2 is 2.14 bits per heavy atom. The summed E-state index contributed by atoms with van der Waals surface area (Å²) in [5.74, 6) is -0.0849. The molecule has 0 saturated carbocycles. The molecule has 1 aromatic carbocycles. The zero-order valence-electron chi connectivity index (χ0n) is 8.42. The Hall–Kier alpha value is -1.57. The fraction of sp³-hybridized carbons (Fsp3) is 0.250. The molecule has 1 aliphatic heterocycles. The van der Waals surface area contributed by atoms with Gasteiger partial charge in [0.15, 0.2) is 0 Å². The molecule has 72 valence electrons. The number of hydrogen-bond donors (Lipinski definition) is 1. The fourth-order valence-corrected chi connectivity index (χ4v) is 1.67. The molecule has 1 aliphatic rings. The molecule has 14 heavy (non-hydrogen) atoms. The summed E-state index contributed by atoms with van der Waals surface area (Å²) in [4.78, 5) is 11.5. The third kappa shape index (κ3) is 1.23. The van der Waals surface area contributed by atoms with Gasteiger partial charge >= 0.3 is 0 Å². The van der Waals surface area contributed by atoms with Crippen LogP contribution in [0.4, 0.5) is 5.69 Å². The second-order valence-corrected chi connectivity index (χ2v) is 3.79. The van der Waals surface area contributed by atoms with E-state index in [0.717, 1.165) is 22.4 Å². The van der Waals surface area contributed by atoms with E-state index in [9.17, 15) is 4.79 Å². The SMILES string of the molecule is C=C1c2ccc(C)cc2NC(=O)[C@@H]1C. The standard InChI is InChI=1S/C12H13NO/c1-7-4-5-10-8(2)9(3)12(14)13-11(10)6-7/h4-6,9H,2H2,1,3H3,(H,13,14)/t9-/m1/s1. The van der Waals surface area contributed by atoms with Crippen molar-refractivity contribution in [2.75, 3.05) is 5.32 Å². The lowest BCUT2D eigenvalue weighted by molar-refractivity contribution is -0.118. The number of benzene rings is 1. The van der Waals surface area contributed by atoms with Crippen LogP contribution in [0.2, 0.25) is 0 Å². The average Bonchev–Trinajstić information content (AvgIpc) is 2.14. The Morgan fingerprint density at radius 3 is 2.86 bits per heavy atom. The van der Waals surface area contributed by atoms with Gasteiger partial charge in [0.2, 0.25) is 5.91 Å². The van der Waals surface area contributed by atoms with E-state index in [1.165, 1.54) is 0 Å². The lowest BCUT2D eigenvalue weighted by atomic mass is 9.89. The molecule has 0 unspecified atom stereocenters. The van der Waals surface area contributed by atoms with Crippen molar-refractivity contribution in [3.05, 3.63) is 35.9 Å². The summed E-state index contributed by atoms with van der Waals surface area (Å²) in [5.41, 5.74) is 4.00. The van der Waals surface area contributed by atoms with Gasteiger partial charge in [-0.05, 0) is 31.1 Å². The van der Waals surface area contributed by atoms with Crippen molar-refractivity contribution in [3.63, 3.8) is 0 Å². The number of aryl methyl sites for hydroxylation is 1. The maximum Gasteiger partial charge on any atom is 0.231 e. The Morgan fingerprint density at radius 1 is 1.43 bits per heavy atom. The molecule has 0 aromatic heterocycles. The highest BCUT2D eigenvalue weighted by molar-refractivity contribution is 6.06. The maximum absolute atomic E-state index is 11.5. The van der Waals surface area contributed by atoms with Gasteiger partial charge in [-0.1, -0.05) is 18.7 Å². The van der Waals surface area contributed by atoms with E-state index < -0.39 is 0 Å². The van der Waals surface area contributed by atoms with Crippen molar-refractivity contribution in [2.45, 2.75) is 13.8 Å². The molecule has 1 heterocycles. The van der Waals surface area contributed by atoms with E-state index in [4.69, 9.17) is 0 Å². The summed E-state index contributed by atoms with van der Waals surface area (Å²) in [7, 11) is 0. The van der Waals surface area contributed by atoms with Crippen LogP contribution in [0.25, 0.3) is 5.57 Å². The zero-order chi connectivity index (χ0) is 10.3. The molecule has 0 bridgehead atoms. The molecule has 2 rings (SSSR count). The third-order valence-electron chi connectivity index (χ3n) is 2.69. The number of anilines is 1. The Kier molecular flexibility index (Phi) is 1.92. The first kappa shape index (κ1) is 9.00. The summed E-state index contributed by atoms with van der Waals surface area (Å²) in [6.45, 7) is 7.84. The minimum absolute atomic E-state index is 0.0353. The molecule has 1 N–H and O–H groups in total. The number of hydrogen-bond acceptors (Lipinski definition) is 1. The Bertz CT molecular complexity index is 420. The van der Waals surface area contributed by atoms with Gasteiger partial charge in [-0.2, -0.15) is 0 Å². The number of carbonyl (C=O) groups is 1. The lowest BCUT2D eigenvalue weighted by Gasteiger charge is -2.24. The highest BCUT2D eigenvalue weighted by Crippen LogP contribution is 2.33. The average molecular weight is 187 g/mol. The van der Waals surface area contributed by atoms with Crippen molar-refractivity contribution in [1.29, 1.82) is 0 Å². The van der Waals surface area contributed by atoms with Crippen molar-refractivity contribution in [1.82, 2.24) is 0 Å². The fourth-order valence-electron chi connectivity index (χ4n) is 1.67. The maximum atomic E-state index is 11.5. The summed E-state index contributed by atoms with van der Waals surface area (Å²) < 4.78 is 0. The minimum atomic E-state index is -0.120. The van der Waals surface area contributed by atoms with E-state index in [-0.39, 0.29) is 11.8 Å². The summed E-state index contributed by atoms with van der Waals surface area (Å²) >= 11 is 0. The summed E-state index contributed by atoms with van der Waals surface area (Å²) in [6.07, 6.45) is 0. The van der Waals surface area contributed by atoms with Crippen molar-refractivity contribution >= 4 is 17.2 Å². The van der Waals surface area contributed by atoms with Gasteiger partial charge in [0.05, 0.1) is 5.92 Å². The van der Waals surface area contributed by atoms with E-state index in [1.54, 1.807) is 0 Å². The van der Waals surface area contributed by atoms with Crippen molar-refractivity contribution in [3.8, 4) is 0 Å². The van der Waals surface area contributed by atoms with Crippen molar-refractivity contribution in [2.24, 2.45) is 5.92 Å². The van der Waals surface area contributed by atoms with Gasteiger partial charge in [-0.3, -0.25) is 4.79 Å². The quantitative estimate of drug-likeness (QED) is 0.664. The predicted octanol–water partition coefficient (Wildman–Crippen LogP) is 2.60. The van der Waals surface area contributed by atoms with E-state index in [1.807, 2.05) is 32.0 Å². The molecular formula is C12H13NO. The van der Waals surface area contributed by atoms with E-state index in [0.29, 0.717) is 0 Å². The molecule has 0 aliphatic carbocycles. The highest BCUT2D eigenvalue weighted by Gasteiger charge is 2.25. The molecule has 1 atom stereocenters. The monoisotopic (exact) mass is 187 g/mol. The largest absolute Gasteiger partial charge is 0.325 e. The van der Waals surface area contributed by atoms with E-state index >= 15 is 0 Å².